The normalized spacial score (nSPS) is 20.0. The van der Waals surface area contributed by atoms with E-state index < -0.39 is 46.4 Å². The highest BCUT2D eigenvalue weighted by Crippen LogP contribution is 2.32. The van der Waals surface area contributed by atoms with Crippen molar-refractivity contribution in [3.05, 3.63) is 63.1 Å². The number of aromatic hydroxyl groups is 1. The smallest absolute Gasteiger partial charge is 0.276 e. The lowest BCUT2D eigenvalue weighted by molar-refractivity contribution is 0.00429. The molecule has 8 nitrogen and oxygen atoms in total. The monoisotopic (exact) mass is 433 g/mol. The first-order valence-corrected chi connectivity index (χ1v) is 9.81. The van der Waals surface area contributed by atoms with Crippen molar-refractivity contribution < 1.29 is 28.2 Å². The second-order valence-electron chi connectivity index (χ2n) is 7.95. The lowest BCUT2D eigenvalue weighted by Gasteiger charge is -2.35. The van der Waals surface area contributed by atoms with Crippen LogP contribution in [0.2, 0.25) is 0 Å². The van der Waals surface area contributed by atoms with Gasteiger partial charge < -0.3 is 24.6 Å². The van der Waals surface area contributed by atoms with Gasteiger partial charge in [-0.05, 0) is 12.0 Å². The van der Waals surface area contributed by atoms with Gasteiger partial charge >= 0.3 is 0 Å². The van der Waals surface area contributed by atoms with Crippen LogP contribution in [0.4, 0.5) is 8.78 Å². The Balaban J connectivity index is 1.62. The minimum absolute atomic E-state index is 0.0296. The molecule has 31 heavy (non-hydrogen) atoms. The van der Waals surface area contributed by atoms with Crippen LogP contribution in [0.15, 0.2) is 29.2 Å². The lowest BCUT2D eigenvalue weighted by atomic mass is 10.0. The molecule has 1 saturated heterocycles. The van der Waals surface area contributed by atoms with Gasteiger partial charge in [0.1, 0.15) is 17.2 Å². The van der Waals surface area contributed by atoms with Gasteiger partial charge in [-0.15, -0.1) is 0 Å². The third-order valence-corrected chi connectivity index (χ3v) is 5.64. The maximum absolute atomic E-state index is 13.8. The second kappa shape index (κ2) is 7.77. The van der Waals surface area contributed by atoms with E-state index in [4.69, 9.17) is 4.74 Å². The van der Waals surface area contributed by atoms with Crippen LogP contribution in [0.3, 0.4) is 0 Å². The molecule has 10 heteroatoms. The number of hydrogen-bond donors (Lipinski definition) is 2. The van der Waals surface area contributed by atoms with E-state index in [0.29, 0.717) is 12.7 Å². The van der Waals surface area contributed by atoms with Crippen molar-refractivity contribution >= 4 is 11.8 Å². The Kier molecular flexibility index (Phi) is 5.26. The van der Waals surface area contributed by atoms with E-state index in [9.17, 15) is 28.3 Å². The number of rotatable bonds is 4. The van der Waals surface area contributed by atoms with Crippen LogP contribution >= 0.6 is 0 Å². The van der Waals surface area contributed by atoms with Gasteiger partial charge in [-0.2, -0.15) is 0 Å². The summed E-state index contributed by atoms with van der Waals surface area (Å²) in [5.74, 6) is -3.69. The number of ether oxygens (including phenoxy) is 1. The molecule has 0 spiro atoms. The maximum atomic E-state index is 13.8. The Morgan fingerprint density at radius 1 is 1.32 bits per heavy atom. The zero-order valence-electron chi connectivity index (χ0n) is 16.9. The molecule has 2 amide bonds. The molecule has 3 heterocycles. The fourth-order valence-electron chi connectivity index (χ4n) is 3.93. The molecule has 0 unspecified atom stereocenters. The minimum Gasteiger partial charge on any atom is -0.503 e. The average molecular weight is 433 g/mol. The molecule has 2 N–H and O–H groups in total. The molecule has 2 aromatic rings. The first-order valence-electron chi connectivity index (χ1n) is 9.81. The molecule has 0 aliphatic carbocycles. The van der Waals surface area contributed by atoms with Crippen molar-refractivity contribution in [2.45, 2.75) is 39.2 Å². The highest BCUT2D eigenvalue weighted by molar-refractivity contribution is 5.99. The highest BCUT2D eigenvalue weighted by Gasteiger charge is 2.45. The number of carbonyl (C=O) groups excluding carboxylic acids is 2. The predicted octanol–water partition coefficient (Wildman–Crippen LogP) is 1.60. The van der Waals surface area contributed by atoms with Gasteiger partial charge in [0.2, 0.25) is 5.43 Å². The number of aromatic nitrogens is 1. The van der Waals surface area contributed by atoms with Gasteiger partial charge in [0.25, 0.3) is 11.8 Å². The van der Waals surface area contributed by atoms with E-state index in [1.54, 1.807) is 0 Å². The summed E-state index contributed by atoms with van der Waals surface area (Å²) in [5.41, 5.74) is -1.57. The maximum Gasteiger partial charge on any atom is 0.276 e. The topological polar surface area (TPSA) is 101 Å². The summed E-state index contributed by atoms with van der Waals surface area (Å²) in [4.78, 5) is 39.7. The van der Waals surface area contributed by atoms with Gasteiger partial charge in [0.15, 0.2) is 17.7 Å². The van der Waals surface area contributed by atoms with Crippen LogP contribution in [0, 0.1) is 17.6 Å². The zero-order valence-corrected chi connectivity index (χ0v) is 16.9. The van der Waals surface area contributed by atoms with Crippen LogP contribution in [-0.4, -0.2) is 45.3 Å². The predicted molar refractivity (Wildman–Crippen MR) is 104 cm³/mol. The molecule has 0 radical (unpaired) electrons. The summed E-state index contributed by atoms with van der Waals surface area (Å²) in [5, 5.41) is 12.8. The Morgan fingerprint density at radius 3 is 2.74 bits per heavy atom. The quantitative estimate of drug-likeness (QED) is 0.763. The SMILES string of the molecule is CC(C)[C@H]1CO[C@@H]2Cn3cc(C(=O)NCc4ccc(F)cc4F)c(=O)c(O)c3C(=O)N12. The van der Waals surface area contributed by atoms with Gasteiger partial charge in [-0.25, -0.2) is 8.78 Å². The number of pyridine rings is 1. The molecule has 1 aromatic heterocycles. The first-order chi connectivity index (χ1) is 14.7. The Bertz CT molecular complexity index is 1130. The summed E-state index contributed by atoms with van der Waals surface area (Å²) in [6.07, 6.45) is 0.619. The molecule has 2 atom stereocenters. The van der Waals surface area contributed by atoms with Crippen molar-refractivity contribution in [3.8, 4) is 5.75 Å². The number of carbonyl (C=O) groups is 2. The number of fused-ring (bicyclic) bond motifs is 2. The molecular weight excluding hydrogens is 412 g/mol. The number of nitrogens with one attached hydrogen (secondary N) is 1. The first kappa shape index (κ1) is 21.0. The zero-order chi connectivity index (χ0) is 22.4. The van der Waals surface area contributed by atoms with Gasteiger partial charge in [0, 0.05) is 24.4 Å². The molecule has 1 fully saturated rings. The van der Waals surface area contributed by atoms with E-state index in [1.807, 2.05) is 13.8 Å². The molecular formula is C21H21F2N3O5. The van der Waals surface area contributed by atoms with E-state index in [0.717, 1.165) is 6.07 Å². The molecule has 1 aromatic carbocycles. The van der Waals surface area contributed by atoms with Crippen molar-refractivity contribution in [1.29, 1.82) is 0 Å². The molecule has 2 aliphatic rings. The van der Waals surface area contributed by atoms with Gasteiger partial charge in [-0.1, -0.05) is 19.9 Å². The van der Waals surface area contributed by atoms with Crippen LogP contribution in [0.1, 0.15) is 40.3 Å². The number of nitrogens with zero attached hydrogens (tertiary/aromatic N) is 2. The third-order valence-electron chi connectivity index (χ3n) is 5.64. The molecule has 2 aliphatic heterocycles. The Hall–Kier alpha value is -3.27. The van der Waals surface area contributed by atoms with Crippen LogP contribution in [0.5, 0.6) is 5.75 Å². The van der Waals surface area contributed by atoms with Crippen LogP contribution in [-0.2, 0) is 17.8 Å². The molecule has 0 saturated carbocycles. The van der Waals surface area contributed by atoms with E-state index in [1.165, 1.54) is 21.7 Å². The van der Waals surface area contributed by atoms with E-state index in [-0.39, 0.29) is 36.3 Å². The van der Waals surface area contributed by atoms with Crippen molar-refractivity contribution in [2.75, 3.05) is 6.61 Å². The van der Waals surface area contributed by atoms with Crippen LogP contribution < -0.4 is 10.7 Å². The Labute approximate surface area is 176 Å². The summed E-state index contributed by atoms with van der Waals surface area (Å²) in [6, 6.07) is 2.73. The molecule has 4 rings (SSSR count). The van der Waals surface area contributed by atoms with Gasteiger partial charge in [0.05, 0.1) is 19.2 Å². The fraction of sp³-hybridized carbons (Fsp3) is 0.381. The molecule has 0 bridgehead atoms. The van der Waals surface area contributed by atoms with Crippen molar-refractivity contribution in [3.63, 3.8) is 0 Å². The number of halogens is 2. The third kappa shape index (κ3) is 3.56. The number of benzene rings is 1. The van der Waals surface area contributed by atoms with E-state index in [2.05, 4.69) is 5.32 Å². The van der Waals surface area contributed by atoms with Crippen molar-refractivity contribution in [1.82, 2.24) is 14.8 Å². The van der Waals surface area contributed by atoms with Crippen molar-refractivity contribution in [2.24, 2.45) is 5.92 Å². The molecule has 164 valence electrons. The Morgan fingerprint density at radius 2 is 2.06 bits per heavy atom. The summed E-state index contributed by atoms with van der Waals surface area (Å²) in [7, 11) is 0. The number of hydrogen-bond acceptors (Lipinski definition) is 5. The summed E-state index contributed by atoms with van der Waals surface area (Å²) < 4.78 is 33.8. The second-order valence-corrected chi connectivity index (χ2v) is 7.95. The summed E-state index contributed by atoms with van der Waals surface area (Å²) >= 11 is 0. The summed E-state index contributed by atoms with van der Waals surface area (Å²) in [6.45, 7) is 4.09. The largest absolute Gasteiger partial charge is 0.503 e. The lowest BCUT2D eigenvalue weighted by Crippen LogP contribution is -2.51. The number of amides is 2. The fourth-order valence-corrected chi connectivity index (χ4v) is 3.93. The average Bonchev–Trinajstić information content (AvgIpc) is 3.14. The van der Waals surface area contributed by atoms with Gasteiger partial charge in [-0.3, -0.25) is 14.4 Å². The highest BCUT2D eigenvalue weighted by atomic mass is 19.1. The van der Waals surface area contributed by atoms with Crippen LogP contribution in [0.25, 0.3) is 0 Å². The van der Waals surface area contributed by atoms with E-state index >= 15 is 0 Å². The minimum atomic E-state index is -1.00. The standard InChI is InChI=1S/C21H21F2N3O5/c1-10(2)15-9-31-16-8-25-7-13(18(27)19(28)17(25)21(30)26(15)16)20(29)24-6-11-3-4-12(22)5-14(11)23/h3-5,7,10,15-16,28H,6,8-9H2,1-2H3,(H,24,29)/t15-,16-/m1/s1.